The Hall–Kier alpha value is 0.714. The Kier molecular flexibility index (Phi) is 7.16. The summed E-state index contributed by atoms with van der Waals surface area (Å²) in [5.74, 6) is 0. The van der Waals surface area contributed by atoms with E-state index in [0.29, 0.717) is 0 Å². The zero-order valence-electron chi connectivity index (χ0n) is 7.28. The SMILES string of the molecule is [CH2-]/C=C(\C[CH2-])C(C)(C)C.[Y]. The van der Waals surface area contributed by atoms with Crippen LogP contribution in [0.2, 0.25) is 0 Å². The van der Waals surface area contributed by atoms with Gasteiger partial charge in [0.1, 0.15) is 0 Å². The molecule has 10 heavy (non-hydrogen) atoms. The molecule has 0 nitrogen and oxygen atoms in total. The van der Waals surface area contributed by atoms with Crippen LogP contribution in [-0.2, 0) is 32.7 Å². The van der Waals surface area contributed by atoms with Crippen LogP contribution in [0.5, 0.6) is 0 Å². The fourth-order valence-electron chi connectivity index (χ4n) is 0.783. The van der Waals surface area contributed by atoms with Gasteiger partial charge in [0.15, 0.2) is 0 Å². The summed E-state index contributed by atoms with van der Waals surface area (Å²) >= 11 is 0. The second kappa shape index (κ2) is 5.38. The maximum absolute atomic E-state index is 3.82. The summed E-state index contributed by atoms with van der Waals surface area (Å²) in [4.78, 5) is 0. The fourth-order valence-corrected chi connectivity index (χ4v) is 0.783. The predicted octanol–water partition coefficient (Wildman–Crippen LogP) is 3.01. The van der Waals surface area contributed by atoms with E-state index in [9.17, 15) is 0 Å². The standard InChI is InChI=1S/C9H16.Y/c1-6-8(7-2)9(3,4)5;/h6H,1-2,7H2,3-5H3;/q-2;/b8-6+;. The number of hydrogen-bond donors (Lipinski definition) is 0. The van der Waals surface area contributed by atoms with Gasteiger partial charge in [-0.1, -0.05) is 26.2 Å². The van der Waals surface area contributed by atoms with Crippen molar-refractivity contribution in [3.05, 3.63) is 25.5 Å². The van der Waals surface area contributed by atoms with Gasteiger partial charge in [-0.2, -0.15) is 0 Å². The van der Waals surface area contributed by atoms with Gasteiger partial charge in [-0.3, -0.25) is 0 Å². The van der Waals surface area contributed by atoms with E-state index in [-0.39, 0.29) is 38.1 Å². The molecule has 1 heteroatoms. The van der Waals surface area contributed by atoms with Gasteiger partial charge in [0.05, 0.1) is 0 Å². The van der Waals surface area contributed by atoms with Crippen LogP contribution in [0.15, 0.2) is 11.6 Å². The van der Waals surface area contributed by atoms with Gasteiger partial charge < -0.3 is 6.92 Å². The maximum Gasteiger partial charge on any atom is 0 e. The van der Waals surface area contributed by atoms with Crippen molar-refractivity contribution in [1.29, 1.82) is 0 Å². The first-order valence-electron chi connectivity index (χ1n) is 3.30. The molecule has 0 N–H and O–H groups in total. The summed E-state index contributed by atoms with van der Waals surface area (Å²) in [5, 5.41) is 0. The summed E-state index contributed by atoms with van der Waals surface area (Å²) in [6, 6.07) is 0. The minimum Gasteiger partial charge on any atom is -0.356 e. The first-order chi connectivity index (χ1) is 4.02. The van der Waals surface area contributed by atoms with E-state index in [1.54, 1.807) is 0 Å². The zero-order chi connectivity index (χ0) is 7.49. The van der Waals surface area contributed by atoms with Crippen molar-refractivity contribution in [3.8, 4) is 0 Å². The monoisotopic (exact) mass is 213 g/mol. The predicted molar refractivity (Wildman–Crippen MR) is 42.9 cm³/mol. The molecule has 0 spiro atoms. The van der Waals surface area contributed by atoms with Crippen LogP contribution in [0, 0.1) is 19.3 Å². The number of allylic oxidation sites excluding steroid dienone is 2. The molecule has 0 amide bonds. The van der Waals surface area contributed by atoms with Crippen molar-refractivity contribution in [2.75, 3.05) is 0 Å². The van der Waals surface area contributed by atoms with Gasteiger partial charge in [0.2, 0.25) is 0 Å². The Balaban J connectivity index is 0. The minimum atomic E-state index is 0. The summed E-state index contributed by atoms with van der Waals surface area (Å²) in [5.41, 5.74) is 1.58. The van der Waals surface area contributed by atoms with Crippen molar-refractivity contribution in [3.63, 3.8) is 0 Å². The van der Waals surface area contributed by atoms with Gasteiger partial charge >= 0.3 is 0 Å². The van der Waals surface area contributed by atoms with Crippen molar-refractivity contribution in [2.24, 2.45) is 5.41 Å². The molecule has 57 valence electrons. The molecule has 0 saturated heterocycles. The molecule has 0 aliphatic carbocycles. The second-order valence-electron chi connectivity index (χ2n) is 3.23. The quantitative estimate of drug-likeness (QED) is 0.587. The topological polar surface area (TPSA) is 0 Å². The third kappa shape index (κ3) is 4.52. The molecule has 1 radical (unpaired) electrons. The largest absolute Gasteiger partial charge is 0.356 e. The van der Waals surface area contributed by atoms with E-state index in [2.05, 4.69) is 34.6 Å². The van der Waals surface area contributed by atoms with Gasteiger partial charge in [-0.15, -0.1) is 0 Å². The summed E-state index contributed by atoms with van der Waals surface area (Å²) in [6.07, 6.45) is 2.78. The first-order valence-corrected chi connectivity index (χ1v) is 3.30. The van der Waals surface area contributed by atoms with E-state index in [1.165, 1.54) is 5.57 Å². The van der Waals surface area contributed by atoms with Crippen molar-refractivity contribution < 1.29 is 32.7 Å². The summed E-state index contributed by atoms with van der Waals surface area (Å²) in [7, 11) is 0. The zero-order valence-corrected chi connectivity index (χ0v) is 10.1. The van der Waals surface area contributed by atoms with Crippen LogP contribution in [0.3, 0.4) is 0 Å². The Morgan fingerprint density at radius 2 is 1.80 bits per heavy atom. The normalized spacial score (nSPS) is 12.6. The van der Waals surface area contributed by atoms with Crippen LogP contribution < -0.4 is 0 Å². The van der Waals surface area contributed by atoms with E-state index < -0.39 is 0 Å². The summed E-state index contributed by atoms with van der Waals surface area (Å²) < 4.78 is 0. The fraction of sp³-hybridized carbons (Fsp3) is 0.556. The summed E-state index contributed by atoms with van der Waals surface area (Å²) in [6.45, 7) is 14.1. The van der Waals surface area contributed by atoms with Crippen molar-refractivity contribution in [1.82, 2.24) is 0 Å². The van der Waals surface area contributed by atoms with E-state index >= 15 is 0 Å². The van der Waals surface area contributed by atoms with Crippen molar-refractivity contribution in [2.45, 2.75) is 27.2 Å². The molecule has 0 bridgehead atoms. The van der Waals surface area contributed by atoms with Crippen LogP contribution in [0.1, 0.15) is 27.2 Å². The third-order valence-electron chi connectivity index (χ3n) is 1.48. The molecule has 0 aliphatic rings. The van der Waals surface area contributed by atoms with E-state index in [4.69, 9.17) is 0 Å². The molecule has 0 aromatic heterocycles. The third-order valence-corrected chi connectivity index (χ3v) is 1.48. The van der Waals surface area contributed by atoms with Gasteiger partial charge in [0, 0.05) is 32.7 Å². The molecular weight excluding hydrogens is 197 g/mol. The van der Waals surface area contributed by atoms with Gasteiger partial charge in [0.25, 0.3) is 0 Å². The Morgan fingerprint density at radius 1 is 1.40 bits per heavy atom. The van der Waals surface area contributed by atoms with Gasteiger partial charge in [-0.05, 0) is 0 Å². The average Bonchev–Trinajstić information content (AvgIpc) is 1.65. The second-order valence-corrected chi connectivity index (χ2v) is 3.23. The van der Waals surface area contributed by atoms with Crippen LogP contribution in [0.4, 0.5) is 0 Å². The molecule has 0 atom stereocenters. The molecular formula is C9H16Y-2. The molecule has 0 saturated carbocycles. The minimum absolute atomic E-state index is 0. The molecule has 0 unspecified atom stereocenters. The van der Waals surface area contributed by atoms with Crippen LogP contribution in [0.25, 0.3) is 0 Å². The molecule has 0 heterocycles. The first kappa shape index (κ1) is 13.3. The van der Waals surface area contributed by atoms with Crippen LogP contribution in [-0.4, -0.2) is 0 Å². The van der Waals surface area contributed by atoms with Crippen LogP contribution >= 0.6 is 0 Å². The number of rotatable bonds is 1. The Bertz CT molecular complexity index is 106. The molecule has 0 rings (SSSR count). The van der Waals surface area contributed by atoms with Gasteiger partial charge in [-0.25, -0.2) is 25.0 Å². The average molecular weight is 213 g/mol. The molecule has 0 fully saturated rings. The van der Waals surface area contributed by atoms with E-state index in [1.807, 2.05) is 6.08 Å². The van der Waals surface area contributed by atoms with Crippen molar-refractivity contribution >= 4 is 0 Å². The number of hydrogen-bond acceptors (Lipinski definition) is 0. The Labute approximate surface area is 90.4 Å². The van der Waals surface area contributed by atoms with E-state index in [0.717, 1.165) is 6.42 Å². The Morgan fingerprint density at radius 3 is 1.80 bits per heavy atom. The molecule has 0 aromatic carbocycles. The molecule has 0 aliphatic heterocycles. The smallest absolute Gasteiger partial charge is 0 e. The molecule has 0 aromatic rings. The maximum atomic E-state index is 3.82.